The first-order chi connectivity index (χ1) is 12.1. The number of aromatic nitrogens is 1. The third kappa shape index (κ3) is 5.01. The summed E-state index contributed by atoms with van der Waals surface area (Å²) in [5.74, 6) is -0.366. The summed E-state index contributed by atoms with van der Waals surface area (Å²) < 4.78 is 0. The van der Waals surface area contributed by atoms with Crippen LogP contribution in [0.3, 0.4) is 0 Å². The van der Waals surface area contributed by atoms with Crippen LogP contribution in [-0.2, 0) is 11.3 Å². The smallest absolute Gasteiger partial charge is 0.253 e. The van der Waals surface area contributed by atoms with Crippen LogP contribution in [0.1, 0.15) is 30.1 Å². The van der Waals surface area contributed by atoms with Gasteiger partial charge >= 0.3 is 0 Å². The van der Waals surface area contributed by atoms with Gasteiger partial charge in [-0.1, -0.05) is 23.7 Å². The largest absolute Gasteiger partial charge is 0.378 e. The molecule has 1 aromatic heterocycles. The Balaban J connectivity index is 1.47. The Hall–Kier alpha value is -1.95. The molecule has 0 aliphatic carbocycles. The predicted molar refractivity (Wildman–Crippen MR) is 97.1 cm³/mol. The van der Waals surface area contributed by atoms with Crippen LogP contribution in [0.5, 0.6) is 0 Å². The average Bonchev–Trinajstić information content (AvgIpc) is 2.63. The second-order valence-electron chi connectivity index (χ2n) is 6.37. The van der Waals surface area contributed by atoms with E-state index in [9.17, 15) is 9.90 Å². The molecule has 0 saturated carbocycles. The Kier molecular flexibility index (Phi) is 6.02. The number of likely N-dealkylation sites (tertiary alicyclic amines) is 1. The molecule has 1 fully saturated rings. The predicted octanol–water partition coefficient (Wildman–Crippen LogP) is 2.55. The second kappa shape index (κ2) is 8.43. The highest BCUT2D eigenvalue weighted by molar-refractivity contribution is 6.30. The number of carbonyl (C=O) groups excluding carboxylic acids is 1. The van der Waals surface area contributed by atoms with Crippen molar-refractivity contribution >= 4 is 17.5 Å². The molecule has 2 heterocycles. The van der Waals surface area contributed by atoms with E-state index in [4.69, 9.17) is 11.6 Å². The number of amides is 1. The number of halogens is 1. The van der Waals surface area contributed by atoms with Gasteiger partial charge in [0.2, 0.25) is 0 Å². The van der Waals surface area contributed by atoms with Crippen LogP contribution in [0.4, 0.5) is 0 Å². The summed E-state index contributed by atoms with van der Waals surface area (Å²) in [5.41, 5.74) is 1.76. The van der Waals surface area contributed by atoms with Crippen LogP contribution in [0.25, 0.3) is 0 Å². The van der Waals surface area contributed by atoms with Gasteiger partial charge in [0.1, 0.15) is 0 Å². The van der Waals surface area contributed by atoms with Crippen LogP contribution < -0.4 is 5.32 Å². The van der Waals surface area contributed by atoms with E-state index in [1.807, 2.05) is 12.1 Å². The number of aliphatic hydroxyl groups is 1. The van der Waals surface area contributed by atoms with Crippen LogP contribution >= 0.6 is 11.6 Å². The highest BCUT2D eigenvalue weighted by Gasteiger charge is 2.24. The van der Waals surface area contributed by atoms with Crippen molar-refractivity contribution in [1.82, 2.24) is 15.2 Å². The number of rotatable bonds is 5. The monoisotopic (exact) mass is 359 g/mol. The molecule has 132 valence electrons. The summed E-state index contributed by atoms with van der Waals surface area (Å²) in [5, 5.41) is 13.7. The van der Waals surface area contributed by atoms with Crippen molar-refractivity contribution < 1.29 is 9.90 Å². The van der Waals surface area contributed by atoms with Crippen molar-refractivity contribution in [3.05, 3.63) is 64.9 Å². The molecule has 1 amide bonds. The molecule has 25 heavy (non-hydrogen) atoms. The van der Waals surface area contributed by atoms with Crippen molar-refractivity contribution in [3.8, 4) is 0 Å². The van der Waals surface area contributed by atoms with Gasteiger partial charge in [0.15, 0.2) is 6.10 Å². The lowest BCUT2D eigenvalue weighted by Crippen LogP contribution is -2.45. The van der Waals surface area contributed by atoms with Gasteiger partial charge < -0.3 is 10.4 Å². The number of nitrogens with zero attached hydrogens (tertiary/aromatic N) is 2. The SMILES string of the molecule is O=C(NC1CCN(Cc2ccncc2)CC1)C(O)c1cccc(Cl)c1. The number of hydrogen-bond donors (Lipinski definition) is 2. The Morgan fingerprint density at radius 3 is 2.68 bits per heavy atom. The van der Waals surface area contributed by atoms with Gasteiger partial charge in [0.05, 0.1) is 0 Å². The van der Waals surface area contributed by atoms with Crippen molar-refractivity contribution in [1.29, 1.82) is 0 Å². The van der Waals surface area contributed by atoms with E-state index in [1.54, 1.807) is 36.7 Å². The minimum atomic E-state index is -1.19. The molecule has 1 saturated heterocycles. The maximum atomic E-state index is 12.3. The molecule has 1 aromatic carbocycles. The highest BCUT2D eigenvalue weighted by atomic mass is 35.5. The standard InChI is InChI=1S/C19H22ClN3O2/c20-16-3-1-2-15(12-16)18(24)19(25)22-17-6-10-23(11-7-17)13-14-4-8-21-9-5-14/h1-5,8-9,12,17-18,24H,6-7,10-11,13H2,(H,22,25). The molecule has 1 atom stereocenters. The molecular formula is C19H22ClN3O2. The molecule has 0 spiro atoms. The van der Waals surface area contributed by atoms with Gasteiger partial charge in [-0.05, 0) is 48.2 Å². The van der Waals surface area contributed by atoms with E-state index < -0.39 is 6.10 Å². The summed E-state index contributed by atoms with van der Waals surface area (Å²) in [4.78, 5) is 18.7. The second-order valence-corrected chi connectivity index (χ2v) is 6.81. The summed E-state index contributed by atoms with van der Waals surface area (Å²) in [6.45, 7) is 2.73. The lowest BCUT2D eigenvalue weighted by atomic mass is 10.0. The maximum absolute atomic E-state index is 12.3. The van der Waals surface area contributed by atoms with Gasteiger partial charge in [-0.2, -0.15) is 0 Å². The highest BCUT2D eigenvalue weighted by Crippen LogP contribution is 2.19. The zero-order chi connectivity index (χ0) is 17.6. The van der Waals surface area contributed by atoms with Crippen LogP contribution in [-0.4, -0.2) is 40.0 Å². The first kappa shape index (κ1) is 17.9. The molecule has 0 radical (unpaired) electrons. The first-order valence-corrected chi connectivity index (χ1v) is 8.85. The van der Waals surface area contributed by atoms with E-state index in [-0.39, 0.29) is 11.9 Å². The topological polar surface area (TPSA) is 65.5 Å². The summed E-state index contributed by atoms with van der Waals surface area (Å²) >= 11 is 5.92. The van der Waals surface area contributed by atoms with Gasteiger partial charge in [-0.25, -0.2) is 0 Å². The first-order valence-electron chi connectivity index (χ1n) is 8.47. The van der Waals surface area contributed by atoms with E-state index in [0.29, 0.717) is 10.6 Å². The fraction of sp³-hybridized carbons (Fsp3) is 0.368. The van der Waals surface area contributed by atoms with E-state index >= 15 is 0 Å². The van der Waals surface area contributed by atoms with E-state index in [0.717, 1.165) is 32.5 Å². The quantitative estimate of drug-likeness (QED) is 0.861. The fourth-order valence-corrected chi connectivity index (χ4v) is 3.29. The molecule has 0 bridgehead atoms. The number of hydrogen-bond acceptors (Lipinski definition) is 4. The Labute approximate surface area is 152 Å². The lowest BCUT2D eigenvalue weighted by molar-refractivity contribution is -0.130. The summed E-state index contributed by atoms with van der Waals surface area (Å²) in [7, 11) is 0. The maximum Gasteiger partial charge on any atom is 0.253 e. The number of nitrogens with one attached hydrogen (secondary N) is 1. The summed E-state index contributed by atoms with van der Waals surface area (Å²) in [6.07, 6.45) is 4.17. The Morgan fingerprint density at radius 2 is 2.00 bits per heavy atom. The Morgan fingerprint density at radius 1 is 1.28 bits per heavy atom. The van der Waals surface area contributed by atoms with Crippen molar-refractivity contribution in [2.75, 3.05) is 13.1 Å². The van der Waals surface area contributed by atoms with Gasteiger partial charge in [0.25, 0.3) is 5.91 Å². The number of pyridine rings is 1. The fourth-order valence-electron chi connectivity index (χ4n) is 3.09. The number of aliphatic hydroxyl groups excluding tert-OH is 1. The molecular weight excluding hydrogens is 338 g/mol. The minimum absolute atomic E-state index is 0.0926. The van der Waals surface area contributed by atoms with Crippen LogP contribution in [0.15, 0.2) is 48.8 Å². The molecule has 2 N–H and O–H groups in total. The Bertz CT molecular complexity index is 703. The van der Waals surface area contributed by atoms with Crippen molar-refractivity contribution in [3.63, 3.8) is 0 Å². The molecule has 1 aliphatic heterocycles. The number of benzene rings is 1. The van der Waals surface area contributed by atoms with Gasteiger partial charge in [0, 0.05) is 43.1 Å². The number of carbonyl (C=O) groups is 1. The van der Waals surface area contributed by atoms with Crippen molar-refractivity contribution in [2.45, 2.75) is 31.5 Å². The van der Waals surface area contributed by atoms with Crippen LogP contribution in [0.2, 0.25) is 5.02 Å². The lowest BCUT2D eigenvalue weighted by Gasteiger charge is -2.32. The normalized spacial score (nSPS) is 17.2. The minimum Gasteiger partial charge on any atom is -0.378 e. The van der Waals surface area contributed by atoms with Gasteiger partial charge in [-0.3, -0.25) is 14.7 Å². The van der Waals surface area contributed by atoms with Crippen LogP contribution in [0, 0.1) is 0 Å². The summed E-state index contributed by atoms with van der Waals surface area (Å²) in [6, 6.07) is 10.9. The molecule has 1 unspecified atom stereocenters. The van der Waals surface area contributed by atoms with E-state index in [1.165, 1.54) is 5.56 Å². The zero-order valence-corrected chi connectivity index (χ0v) is 14.7. The molecule has 3 rings (SSSR count). The van der Waals surface area contributed by atoms with Crippen molar-refractivity contribution in [2.24, 2.45) is 0 Å². The zero-order valence-electron chi connectivity index (χ0n) is 13.9. The van der Waals surface area contributed by atoms with E-state index in [2.05, 4.69) is 15.2 Å². The third-order valence-electron chi connectivity index (χ3n) is 4.50. The third-order valence-corrected chi connectivity index (χ3v) is 4.74. The average molecular weight is 360 g/mol. The molecule has 6 heteroatoms. The molecule has 1 aliphatic rings. The van der Waals surface area contributed by atoms with Gasteiger partial charge in [-0.15, -0.1) is 0 Å². The number of piperidine rings is 1. The molecule has 5 nitrogen and oxygen atoms in total. The molecule has 2 aromatic rings.